The molecule has 0 aliphatic carbocycles. The van der Waals surface area contributed by atoms with Crippen molar-refractivity contribution in [3.8, 4) is 5.75 Å². The standard InChI is InChI=1S/C14H17ClF2N2O3S/c15-12-7-11(3-4-13(12)22-14(16)17)23(20,21)19-6-5-9-1-2-10(8-19)18-9/h3-4,7,9-10,14,18H,1-2,5-6,8H2. The highest BCUT2D eigenvalue weighted by atomic mass is 35.5. The zero-order valence-corrected chi connectivity index (χ0v) is 13.8. The molecule has 2 atom stereocenters. The molecule has 2 aliphatic heterocycles. The quantitative estimate of drug-likeness (QED) is 0.889. The minimum atomic E-state index is -3.71. The fourth-order valence-electron chi connectivity index (χ4n) is 3.11. The molecule has 0 saturated carbocycles. The lowest BCUT2D eigenvalue weighted by atomic mass is 10.1. The van der Waals surface area contributed by atoms with Crippen LogP contribution >= 0.6 is 11.6 Å². The average molecular weight is 367 g/mol. The number of rotatable bonds is 4. The number of ether oxygens (including phenoxy) is 1. The molecule has 1 N–H and O–H groups in total. The van der Waals surface area contributed by atoms with Crippen LogP contribution in [-0.2, 0) is 10.0 Å². The van der Waals surface area contributed by atoms with Crippen molar-refractivity contribution in [1.29, 1.82) is 0 Å². The van der Waals surface area contributed by atoms with Gasteiger partial charge in [0.05, 0.1) is 9.92 Å². The SMILES string of the molecule is O=S(=O)(c1ccc(OC(F)F)c(Cl)c1)N1CCC2CCC(C1)N2. The van der Waals surface area contributed by atoms with Crippen molar-refractivity contribution < 1.29 is 21.9 Å². The minimum absolute atomic E-state index is 0.0121. The third kappa shape index (κ3) is 3.60. The molecule has 2 fully saturated rings. The Morgan fingerprint density at radius 3 is 2.70 bits per heavy atom. The number of hydrogen-bond acceptors (Lipinski definition) is 4. The van der Waals surface area contributed by atoms with E-state index in [1.54, 1.807) is 0 Å². The van der Waals surface area contributed by atoms with Crippen LogP contribution in [0.1, 0.15) is 19.3 Å². The molecule has 0 aromatic heterocycles. The maximum atomic E-state index is 12.8. The maximum absolute atomic E-state index is 12.8. The van der Waals surface area contributed by atoms with Gasteiger partial charge in [0, 0.05) is 25.2 Å². The molecular weight excluding hydrogens is 350 g/mol. The van der Waals surface area contributed by atoms with Crippen LogP contribution in [0.25, 0.3) is 0 Å². The van der Waals surface area contributed by atoms with Crippen LogP contribution < -0.4 is 10.1 Å². The second kappa shape index (κ2) is 6.51. The molecule has 2 bridgehead atoms. The van der Waals surface area contributed by atoms with Crippen LogP contribution in [0.15, 0.2) is 23.1 Å². The van der Waals surface area contributed by atoms with Crippen LogP contribution in [0.4, 0.5) is 8.78 Å². The highest BCUT2D eigenvalue weighted by Gasteiger charge is 2.35. The van der Waals surface area contributed by atoms with Gasteiger partial charge in [-0.25, -0.2) is 8.42 Å². The molecule has 0 spiro atoms. The zero-order valence-electron chi connectivity index (χ0n) is 12.2. The predicted molar refractivity (Wildman–Crippen MR) is 81.4 cm³/mol. The fraction of sp³-hybridized carbons (Fsp3) is 0.571. The third-order valence-corrected chi connectivity index (χ3v) is 6.40. The molecule has 3 rings (SSSR count). The lowest BCUT2D eigenvalue weighted by Gasteiger charge is -2.24. The molecule has 23 heavy (non-hydrogen) atoms. The van der Waals surface area contributed by atoms with Gasteiger partial charge < -0.3 is 10.1 Å². The van der Waals surface area contributed by atoms with Crippen molar-refractivity contribution in [2.75, 3.05) is 13.1 Å². The van der Waals surface area contributed by atoms with Crippen LogP contribution in [0.5, 0.6) is 5.75 Å². The Kier molecular flexibility index (Phi) is 4.78. The Morgan fingerprint density at radius 1 is 1.26 bits per heavy atom. The topological polar surface area (TPSA) is 58.6 Å². The first-order valence-electron chi connectivity index (χ1n) is 7.37. The first-order valence-corrected chi connectivity index (χ1v) is 9.18. The van der Waals surface area contributed by atoms with Gasteiger partial charge in [-0.2, -0.15) is 13.1 Å². The largest absolute Gasteiger partial charge is 0.433 e. The average Bonchev–Trinajstić information content (AvgIpc) is 2.79. The maximum Gasteiger partial charge on any atom is 0.387 e. The number of fused-ring (bicyclic) bond motifs is 2. The van der Waals surface area contributed by atoms with E-state index in [4.69, 9.17) is 11.6 Å². The monoisotopic (exact) mass is 366 g/mol. The van der Waals surface area contributed by atoms with Gasteiger partial charge in [0.15, 0.2) is 0 Å². The summed E-state index contributed by atoms with van der Waals surface area (Å²) in [7, 11) is -3.71. The van der Waals surface area contributed by atoms with E-state index in [-0.39, 0.29) is 21.7 Å². The van der Waals surface area contributed by atoms with Crippen molar-refractivity contribution >= 4 is 21.6 Å². The number of hydrogen-bond donors (Lipinski definition) is 1. The lowest BCUT2D eigenvalue weighted by molar-refractivity contribution is -0.0498. The Morgan fingerprint density at radius 2 is 2.00 bits per heavy atom. The van der Waals surface area contributed by atoms with Crippen molar-refractivity contribution in [1.82, 2.24) is 9.62 Å². The molecule has 2 unspecified atom stereocenters. The summed E-state index contributed by atoms with van der Waals surface area (Å²) >= 11 is 5.86. The Labute approximate surface area is 138 Å². The fourth-order valence-corrected chi connectivity index (χ4v) is 4.93. The Hall–Kier alpha value is -0.960. The summed E-state index contributed by atoms with van der Waals surface area (Å²) in [6.07, 6.45) is 2.79. The van der Waals surface area contributed by atoms with Gasteiger partial charge in [0.1, 0.15) is 5.75 Å². The van der Waals surface area contributed by atoms with Gasteiger partial charge in [0.25, 0.3) is 0 Å². The van der Waals surface area contributed by atoms with Crippen molar-refractivity contribution in [2.45, 2.75) is 42.9 Å². The Bertz CT molecular complexity index is 687. The molecule has 1 aromatic rings. The second-order valence-corrected chi connectivity index (χ2v) is 8.11. The third-order valence-electron chi connectivity index (χ3n) is 4.24. The van der Waals surface area contributed by atoms with Gasteiger partial charge in [-0.1, -0.05) is 11.6 Å². The van der Waals surface area contributed by atoms with E-state index in [0.717, 1.165) is 31.4 Å². The molecule has 5 nitrogen and oxygen atoms in total. The zero-order chi connectivity index (χ0) is 16.6. The van der Waals surface area contributed by atoms with Gasteiger partial charge in [-0.05, 0) is 37.5 Å². The van der Waals surface area contributed by atoms with Crippen LogP contribution in [0.2, 0.25) is 5.02 Å². The van der Waals surface area contributed by atoms with E-state index >= 15 is 0 Å². The summed E-state index contributed by atoms with van der Waals surface area (Å²) in [5, 5.41) is 3.26. The van der Waals surface area contributed by atoms with Gasteiger partial charge in [0.2, 0.25) is 10.0 Å². The number of alkyl halides is 2. The molecule has 1 aromatic carbocycles. The molecule has 9 heteroatoms. The number of nitrogens with one attached hydrogen (secondary N) is 1. The molecule has 2 aliphatic rings. The number of sulfonamides is 1. The first kappa shape index (κ1) is 16.9. The van der Waals surface area contributed by atoms with E-state index in [9.17, 15) is 17.2 Å². The van der Waals surface area contributed by atoms with E-state index in [1.807, 2.05) is 0 Å². The predicted octanol–water partition coefficient (Wildman–Crippen LogP) is 2.46. The normalized spacial score (nSPS) is 25.6. The Balaban J connectivity index is 1.83. The number of benzene rings is 1. The summed E-state index contributed by atoms with van der Waals surface area (Å²) < 4.78 is 55.7. The van der Waals surface area contributed by atoms with Crippen LogP contribution in [-0.4, -0.2) is 44.5 Å². The number of halogens is 3. The van der Waals surface area contributed by atoms with Crippen molar-refractivity contribution in [3.05, 3.63) is 23.2 Å². The highest BCUT2D eigenvalue weighted by molar-refractivity contribution is 7.89. The molecule has 2 saturated heterocycles. The van der Waals surface area contributed by atoms with Gasteiger partial charge in [-0.15, -0.1) is 0 Å². The van der Waals surface area contributed by atoms with E-state index in [0.29, 0.717) is 19.1 Å². The molecule has 0 amide bonds. The minimum Gasteiger partial charge on any atom is -0.433 e. The first-order chi connectivity index (χ1) is 10.9. The molecular formula is C14H17ClF2N2O3S. The summed E-state index contributed by atoms with van der Waals surface area (Å²) in [4.78, 5) is -0.0121. The van der Waals surface area contributed by atoms with Gasteiger partial charge >= 0.3 is 6.61 Å². The molecule has 0 radical (unpaired) electrons. The number of nitrogens with zero attached hydrogens (tertiary/aromatic N) is 1. The van der Waals surface area contributed by atoms with E-state index in [1.165, 1.54) is 10.4 Å². The highest BCUT2D eigenvalue weighted by Crippen LogP contribution is 2.31. The second-order valence-electron chi connectivity index (χ2n) is 5.76. The van der Waals surface area contributed by atoms with Gasteiger partial charge in [-0.3, -0.25) is 0 Å². The van der Waals surface area contributed by atoms with Crippen LogP contribution in [0.3, 0.4) is 0 Å². The van der Waals surface area contributed by atoms with E-state index < -0.39 is 16.6 Å². The lowest BCUT2D eigenvalue weighted by Crippen LogP contribution is -2.39. The smallest absolute Gasteiger partial charge is 0.387 e. The summed E-state index contributed by atoms with van der Waals surface area (Å²) in [6.45, 7) is -2.17. The van der Waals surface area contributed by atoms with E-state index in [2.05, 4.69) is 10.1 Å². The van der Waals surface area contributed by atoms with Crippen LogP contribution in [0, 0.1) is 0 Å². The van der Waals surface area contributed by atoms with Crippen molar-refractivity contribution in [2.24, 2.45) is 0 Å². The summed E-state index contributed by atoms with van der Waals surface area (Å²) in [6, 6.07) is 4.09. The summed E-state index contributed by atoms with van der Waals surface area (Å²) in [5.41, 5.74) is 0. The molecule has 2 heterocycles. The molecule has 128 valence electrons. The van der Waals surface area contributed by atoms with Crippen molar-refractivity contribution in [3.63, 3.8) is 0 Å². The summed E-state index contributed by atoms with van der Waals surface area (Å²) in [5.74, 6) is -0.239.